The standard InChI is InChI=1S/C17H14I2N2O/c1-10-20-13(9-22-10)8-21-16-4-2-11(18)6-14(16)15-7-12(19)3-5-17(15)21/h2-7,13H,8-9H2,1H3/t13-/m0/s1. The second-order valence-electron chi connectivity index (χ2n) is 5.55. The molecule has 5 heteroatoms. The summed E-state index contributed by atoms with van der Waals surface area (Å²) in [6.07, 6.45) is 0. The SMILES string of the molecule is CC1=N[C@@H](Cn2c3ccc(I)cc3c3cc(I)ccc32)CO1. The van der Waals surface area contributed by atoms with Gasteiger partial charge in [-0.1, -0.05) is 0 Å². The molecular weight excluding hydrogens is 502 g/mol. The molecule has 0 fully saturated rings. The normalized spacial score (nSPS) is 18.0. The zero-order chi connectivity index (χ0) is 15.3. The van der Waals surface area contributed by atoms with Crippen molar-refractivity contribution >= 4 is 72.9 Å². The molecule has 1 aliphatic rings. The van der Waals surface area contributed by atoms with Gasteiger partial charge in [0, 0.05) is 42.4 Å². The number of halogens is 2. The maximum absolute atomic E-state index is 5.51. The minimum atomic E-state index is 0.206. The maximum atomic E-state index is 5.51. The van der Waals surface area contributed by atoms with Crippen LogP contribution in [-0.4, -0.2) is 23.1 Å². The van der Waals surface area contributed by atoms with Crippen LogP contribution in [0.1, 0.15) is 6.92 Å². The van der Waals surface area contributed by atoms with Crippen LogP contribution in [0.3, 0.4) is 0 Å². The second-order valence-corrected chi connectivity index (χ2v) is 8.04. The monoisotopic (exact) mass is 516 g/mol. The average Bonchev–Trinajstić information content (AvgIpc) is 3.02. The van der Waals surface area contributed by atoms with Gasteiger partial charge in [-0.15, -0.1) is 0 Å². The van der Waals surface area contributed by atoms with Gasteiger partial charge in [0.1, 0.15) is 12.6 Å². The Kier molecular flexibility index (Phi) is 3.80. The van der Waals surface area contributed by atoms with E-state index in [1.54, 1.807) is 0 Å². The Hall–Kier alpha value is -0.830. The first kappa shape index (κ1) is 14.7. The predicted octanol–water partition coefficient (Wildman–Crippen LogP) is 4.82. The summed E-state index contributed by atoms with van der Waals surface area (Å²) in [6.45, 7) is 3.47. The zero-order valence-electron chi connectivity index (χ0n) is 12.0. The Balaban J connectivity index is 1.94. The van der Waals surface area contributed by atoms with E-state index < -0.39 is 0 Å². The number of benzene rings is 2. The molecule has 3 nitrogen and oxygen atoms in total. The number of hydrogen-bond acceptors (Lipinski definition) is 2. The van der Waals surface area contributed by atoms with E-state index in [2.05, 4.69) is 91.1 Å². The van der Waals surface area contributed by atoms with Gasteiger partial charge in [-0.25, -0.2) is 4.99 Å². The van der Waals surface area contributed by atoms with Crippen LogP contribution in [0.2, 0.25) is 0 Å². The van der Waals surface area contributed by atoms with Crippen molar-refractivity contribution in [1.82, 2.24) is 4.57 Å². The molecule has 2 heterocycles. The Morgan fingerprint density at radius 3 is 2.18 bits per heavy atom. The molecule has 1 atom stereocenters. The predicted molar refractivity (Wildman–Crippen MR) is 108 cm³/mol. The van der Waals surface area contributed by atoms with Gasteiger partial charge in [0.05, 0.1) is 0 Å². The van der Waals surface area contributed by atoms with Crippen LogP contribution in [0, 0.1) is 7.14 Å². The van der Waals surface area contributed by atoms with Crippen molar-refractivity contribution in [2.75, 3.05) is 6.61 Å². The molecule has 1 aliphatic heterocycles. The summed E-state index contributed by atoms with van der Waals surface area (Å²) in [5.41, 5.74) is 2.55. The molecule has 0 N–H and O–H groups in total. The van der Waals surface area contributed by atoms with Gasteiger partial charge in [0.2, 0.25) is 0 Å². The average molecular weight is 516 g/mol. The largest absolute Gasteiger partial charge is 0.479 e. The van der Waals surface area contributed by atoms with E-state index in [1.165, 1.54) is 28.9 Å². The molecule has 0 aliphatic carbocycles. The molecule has 22 heavy (non-hydrogen) atoms. The minimum absolute atomic E-state index is 0.206. The molecular formula is C17H14I2N2O. The summed E-state index contributed by atoms with van der Waals surface area (Å²) in [5, 5.41) is 2.64. The fourth-order valence-electron chi connectivity index (χ4n) is 3.10. The van der Waals surface area contributed by atoms with E-state index in [1.807, 2.05) is 6.92 Å². The first-order chi connectivity index (χ1) is 10.6. The van der Waals surface area contributed by atoms with Gasteiger partial charge in [-0.3, -0.25) is 0 Å². The van der Waals surface area contributed by atoms with Crippen LogP contribution in [-0.2, 0) is 11.3 Å². The van der Waals surface area contributed by atoms with Crippen molar-refractivity contribution in [3.05, 3.63) is 43.5 Å². The van der Waals surface area contributed by atoms with Gasteiger partial charge in [0.25, 0.3) is 0 Å². The lowest BCUT2D eigenvalue weighted by Crippen LogP contribution is -2.15. The van der Waals surface area contributed by atoms with Crippen LogP contribution in [0.15, 0.2) is 41.4 Å². The number of hydrogen-bond donors (Lipinski definition) is 0. The number of fused-ring (bicyclic) bond motifs is 3. The van der Waals surface area contributed by atoms with Gasteiger partial charge in [-0.05, 0) is 81.6 Å². The number of rotatable bonds is 2. The summed E-state index contributed by atoms with van der Waals surface area (Å²) in [4.78, 5) is 4.58. The lowest BCUT2D eigenvalue weighted by atomic mass is 10.2. The van der Waals surface area contributed by atoms with Crippen LogP contribution in [0.5, 0.6) is 0 Å². The summed E-state index contributed by atoms with van der Waals surface area (Å²) < 4.78 is 10.4. The highest BCUT2D eigenvalue weighted by Gasteiger charge is 2.19. The van der Waals surface area contributed by atoms with E-state index >= 15 is 0 Å². The molecule has 2 aromatic carbocycles. The molecule has 0 bridgehead atoms. The quantitative estimate of drug-likeness (QED) is 0.449. The van der Waals surface area contributed by atoms with Gasteiger partial charge < -0.3 is 9.30 Å². The fourth-order valence-corrected chi connectivity index (χ4v) is 4.08. The Bertz CT molecular complexity index is 855. The van der Waals surface area contributed by atoms with Crippen molar-refractivity contribution in [2.24, 2.45) is 4.99 Å². The second kappa shape index (κ2) is 5.67. The first-order valence-electron chi connectivity index (χ1n) is 7.16. The molecule has 0 radical (unpaired) electrons. The number of aliphatic imine (C=N–C) groups is 1. The summed E-state index contributed by atoms with van der Waals surface area (Å²) in [6, 6.07) is 13.5. The van der Waals surface area contributed by atoms with Crippen LogP contribution < -0.4 is 0 Å². The molecule has 0 saturated heterocycles. The summed E-state index contributed by atoms with van der Waals surface area (Å²) in [5.74, 6) is 0.801. The van der Waals surface area contributed by atoms with E-state index in [-0.39, 0.29) is 6.04 Å². The fraction of sp³-hybridized carbons (Fsp3) is 0.235. The van der Waals surface area contributed by atoms with Crippen molar-refractivity contribution in [2.45, 2.75) is 19.5 Å². The summed E-state index contributed by atoms with van der Waals surface area (Å²) in [7, 11) is 0. The van der Waals surface area contributed by atoms with Gasteiger partial charge in [0.15, 0.2) is 5.90 Å². The Morgan fingerprint density at radius 1 is 1.09 bits per heavy atom. The van der Waals surface area contributed by atoms with Crippen LogP contribution in [0.25, 0.3) is 21.8 Å². The lowest BCUT2D eigenvalue weighted by molar-refractivity contribution is 0.305. The summed E-state index contributed by atoms with van der Waals surface area (Å²) >= 11 is 4.76. The smallest absolute Gasteiger partial charge is 0.180 e. The molecule has 0 spiro atoms. The first-order valence-corrected chi connectivity index (χ1v) is 9.32. The van der Waals surface area contributed by atoms with Gasteiger partial charge >= 0.3 is 0 Å². The Labute approximate surface area is 156 Å². The van der Waals surface area contributed by atoms with E-state index in [0.717, 1.165) is 12.4 Å². The zero-order valence-corrected chi connectivity index (χ0v) is 16.3. The molecule has 112 valence electrons. The number of nitrogens with zero attached hydrogens (tertiary/aromatic N) is 2. The lowest BCUT2D eigenvalue weighted by Gasteiger charge is -2.10. The van der Waals surface area contributed by atoms with Crippen molar-refractivity contribution in [3.8, 4) is 0 Å². The highest BCUT2D eigenvalue weighted by molar-refractivity contribution is 14.1. The van der Waals surface area contributed by atoms with E-state index in [4.69, 9.17) is 4.74 Å². The van der Waals surface area contributed by atoms with Crippen molar-refractivity contribution in [1.29, 1.82) is 0 Å². The molecule has 1 aromatic heterocycles. The van der Waals surface area contributed by atoms with E-state index in [9.17, 15) is 0 Å². The highest BCUT2D eigenvalue weighted by Crippen LogP contribution is 2.32. The highest BCUT2D eigenvalue weighted by atomic mass is 127. The molecule has 4 rings (SSSR count). The molecule has 0 amide bonds. The molecule has 3 aromatic rings. The third-order valence-electron chi connectivity index (χ3n) is 4.03. The van der Waals surface area contributed by atoms with Gasteiger partial charge in [-0.2, -0.15) is 0 Å². The third-order valence-corrected chi connectivity index (χ3v) is 5.37. The number of aromatic nitrogens is 1. The topological polar surface area (TPSA) is 26.5 Å². The third kappa shape index (κ3) is 2.51. The van der Waals surface area contributed by atoms with Crippen molar-refractivity contribution < 1.29 is 4.74 Å². The molecule has 0 saturated carbocycles. The van der Waals surface area contributed by atoms with Crippen LogP contribution >= 0.6 is 45.2 Å². The molecule has 0 unspecified atom stereocenters. The maximum Gasteiger partial charge on any atom is 0.180 e. The van der Waals surface area contributed by atoms with E-state index in [0.29, 0.717) is 6.61 Å². The number of ether oxygens (including phenoxy) is 1. The van der Waals surface area contributed by atoms with Crippen molar-refractivity contribution in [3.63, 3.8) is 0 Å². The van der Waals surface area contributed by atoms with Crippen LogP contribution in [0.4, 0.5) is 0 Å². The Morgan fingerprint density at radius 2 is 1.68 bits per heavy atom. The minimum Gasteiger partial charge on any atom is -0.479 e.